The molecule has 0 aliphatic carbocycles. The van der Waals surface area contributed by atoms with E-state index in [0.717, 1.165) is 88.2 Å². The zero-order valence-electron chi connectivity index (χ0n) is 26.3. The maximum absolute atomic E-state index is 13.3. The van der Waals surface area contributed by atoms with E-state index in [2.05, 4.69) is 64.1 Å². The molecule has 0 aliphatic heterocycles. The van der Waals surface area contributed by atoms with Gasteiger partial charge in [0.15, 0.2) is 0 Å². The van der Waals surface area contributed by atoms with Gasteiger partial charge in [-0.15, -0.1) is 0 Å². The normalized spacial score (nSPS) is 11.0. The third kappa shape index (κ3) is 9.58. The summed E-state index contributed by atoms with van der Waals surface area (Å²) in [5, 5.41) is 0. The average molecular weight is 571 g/mol. The van der Waals surface area contributed by atoms with Crippen molar-refractivity contribution in [1.29, 1.82) is 0 Å². The van der Waals surface area contributed by atoms with Crippen LogP contribution in [-0.2, 0) is 48.4 Å². The van der Waals surface area contributed by atoms with Gasteiger partial charge in [0.2, 0.25) is 0 Å². The van der Waals surface area contributed by atoms with E-state index in [0.29, 0.717) is 0 Å². The van der Waals surface area contributed by atoms with Gasteiger partial charge in [-0.05, 0) is 96.9 Å². The first-order valence-corrected chi connectivity index (χ1v) is 16.2. The molecule has 3 aromatic rings. The first kappa shape index (κ1) is 33.1. The Morgan fingerprint density at radius 2 is 0.833 bits per heavy atom. The SMILES string of the molecule is CCCCc1cccc(COC(=O)c2ccccc2C(=O)OCc2cccc(CCCC)c2CCCC)c1CCCC. The molecule has 0 aromatic heterocycles. The summed E-state index contributed by atoms with van der Waals surface area (Å²) in [4.78, 5) is 26.6. The minimum Gasteiger partial charge on any atom is -0.457 e. The minimum absolute atomic E-state index is 0.187. The molecule has 4 heteroatoms. The lowest BCUT2D eigenvalue weighted by molar-refractivity contribution is 0.0424. The van der Waals surface area contributed by atoms with Gasteiger partial charge in [-0.25, -0.2) is 9.59 Å². The molecule has 0 spiro atoms. The number of hydrogen-bond donors (Lipinski definition) is 0. The van der Waals surface area contributed by atoms with Crippen LogP contribution in [0.15, 0.2) is 60.7 Å². The molecule has 3 rings (SSSR count). The standard InChI is InChI=1S/C38H50O4/c1-5-9-17-29-19-15-21-31(33(29)23-11-7-3)27-41-37(39)35-25-13-14-26-36(35)38(40)42-28-32-22-16-20-30(18-10-6-2)34(32)24-12-8-4/h13-16,19-22,25-26H,5-12,17-18,23-24,27-28H2,1-4H3. The summed E-state index contributed by atoms with van der Waals surface area (Å²) in [6.45, 7) is 9.17. The number of ether oxygens (including phenoxy) is 2. The molecule has 226 valence electrons. The largest absolute Gasteiger partial charge is 0.457 e. The number of esters is 2. The predicted octanol–water partition coefficient (Wildman–Crippen LogP) is 9.77. The number of aryl methyl sites for hydroxylation is 2. The smallest absolute Gasteiger partial charge is 0.339 e. The van der Waals surface area contributed by atoms with Crippen LogP contribution < -0.4 is 0 Å². The van der Waals surface area contributed by atoms with Crippen LogP contribution in [0.4, 0.5) is 0 Å². The maximum atomic E-state index is 13.3. The van der Waals surface area contributed by atoms with E-state index in [-0.39, 0.29) is 24.3 Å². The van der Waals surface area contributed by atoms with E-state index in [1.807, 2.05) is 0 Å². The topological polar surface area (TPSA) is 52.6 Å². The number of carbonyl (C=O) groups is 2. The van der Waals surface area contributed by atoms with E-state index < -0.39 is 11.9 Å². The Morgan fingerprint density at radius 3 is 1.21 bits per heavy atom. The van der Waals surface area contributed by atoms with Gasteiger partial charge in [-0.1, -0.05) is 102 Å². The van der Waals surface area contributed by atoms with Crippen molar-refractivity contribution < 1.29 is 19.1 Å². The van der Waals surface area contributed by atoms with Gasteiger partial charge in [0, 0.05) is 0 Å². The molecule has 0 bridgehead atoms. The number of benzene rings is 3. The molecule has 0 heterocycles. The van der Waals surface area contributed by atoms with Crippen molar-refractivity contribution >= 4 is 11.9 Å². The molecule has 3 aromatic carbocycles. The molecule has 0 saturated carbocycles. The monoisotopic (exact) mass is 570 g/mol. The first-order valence-electron chi connectivity index (χ1n) is 16.2. The molecule has 0 aliphatic rings. The molecule has 0 fully saturated rings. The fraction of sp³-hybridized carbons (Fsp3) is 0.474. The zero-order chi connectivity index (χ0) is 30.2. The van der Waals surface area contributed by atoms with Crippen molar-refractivity contribution in [2.45, 2.75) is 118 Å². The van der Waals surface area contributed by atoms with Gasteiger partial charge in [0.25, 0.3) is 0 Å². The Bertz CT molecular complexity index is 1180. The third-order valence-electron chi connectivity index (χ3n) is 7.98. The quantitative estimate of drug-likeness (QED) is 0.143. The maximum Gasteiger partial charge on any atom is 0.339 e. The predicted molar refractivity (Wildman–Crippen MR) is 172 cm³/mol. The van der Waals surface area contributed by atoms with Crippen molar-refractivity contribution in [2.24, 2.45) is 0 Å². The van der Waals surface area contributed by atoms with Crippen molar-refractivity contribution in [3.05, 3.63) is 105 Å². The zero-order valence-corrected chi connectivity index (χ0v) is 26.3. The summed E-state index contributed by atoms with van der Waals surface area (Å²) < 4.78 is 11.6. The highest BCUT2D eigenvalue weighted by atomic mass is 16.5. The minimum atomic E-state index is -0.506. The Kier molecular flexibility index (Phi) is 14.3. The third-order valence-corrected chi connectivity index (χ3v) is 7.98. The number of carbonyl (C=O) groups excluding carboxylic acids is 2. The molecule has 0 amide bonds. The molecule has 0 saturated heterocycles. The second-order valence-corrected chi connectivity index (χ2v) is 11.2. The summed E-state index contributed by atoms with van der Waals surface area (Å²) in [5.74, 6) is -1.01. The molecule has 0 unspecified atom stereocenters. The highest BCUT2D eigenvalue weighted by Crippen LogP contribution is 2.24. The summed E-state index contributed by atoms with van der Waals surface area (Å²) >= 11 is 0. The summed E-state index contributed by atoms with van der Waals surface area (Å²) in [5.41, 5.74) is 7.87. The lowest BCUT2D eigenvalue weighted by atomic mass is 9.93. The Hall–Kier alpha value is -3.40. The van der Waals surface area contributed by atoms with Crippen molar-refractivity contribution in [1.82, 2.24) is 0 Å². The van der Waals surface area contributed by atoms with E-state index in [9.17, 15) is 9.59 Å². The van der Waals surface area contributed by atoms with Crippen LogP contribution in [0.5, 0.6) is 0 Å². The molecule has 0 radical (unpaired) electrons. The fourth-order valence-corrected chi connectivity index (χ4v) is 5.48. The lowest BCUT2D eigenvalue weighted by Crippen LogP contribution is -2.15. The molecule has 0 atom stereocenters. The summed E-state index contributed by atoms with van der Waals surface area (Å²) in [6, 6.07) is 19.4. The van der Waals surface area contributed by atoms with E-state index in [4.69, 9.17) is 9.47 Å². The van der Waals surface area contributed by atoms with Gasteiger partial charge in [0.1, 0.15) is 13.2 Å². The van der Waals surface area contributed by atoms with Crippen LogP contribution in [-0.4, -0.2) is 11.9 Å². The highest BCUT2D eigenvalue weighted by molar-refractivity contribution is 6.03. The van der Waals surface area contributed by atoms with Crippen LogP contribution >= 0.6 is 0 Å². The van der Waals surface area contributed by atoms with Crippen LogP contribution in [0.25, 0.3) is 0 Å². The Balaban J connectivity index is 1.74. The van der Waals surface area contributed by atoms with E-state index >= 15 is 0 Å². The summed E-state index contributed by atoms with van der Waals surface area (Å²) in [7, 11) is 0. The van der Waals surface area contributed by atoms with Crippen LogP contribution in [0.3, 0.4) is 0 Å². The van der Waals surface area contributed by atoms with Gasteiger partial charge in [-0.2, -0.15) is 0 Å². The van der Waals surface area contributed by atoms with Gasteiger partial charge < -0.3 is 9.47 Å². The molecule has 4 nitrogen and oxygen atoms in total. The van der Waals surface area contributed by atoms with Gasteiger partial charge in [-0.3, -0.25) is 0 Å². The van der Waals surface area contributed by atoms with E-state index in [1.54, 1.807) is 24.3 Å². The van der Waals surface area contributed by atoms with Gasteiger partial charge in [0.05, 0.1) is 11.1 Å². The van der Waals surface area contributed by atoms with Crippen molar-refractivity contribution in [3.8, 4) is 0 Å². The van der Waals surface area contributed by atoms with Crippen LogP contribution in [0, 0.1) is 0 Å². The molecular weight excluding hydrogens is 520 g/mol. The number of hydrogen-bond acceptors (Lipinski definition) is 4. The molecule has 0 N–H and O–H groups in total. The van der Waals surface area contributed by atoms with Crippen LogP contribution in [0.2, 0.25) is 0 Å². The fourth-order valence-electron chi connectivity index (χ4n) is 5.48. The number of rotatable bonds is 18. The van der Waals surface area contributed by atoms with E-state index in [1.165, 1.54) is 22.3 Å². The van der Waals surface area contributed by atoms with Gasteiger partial charge >= 0.3 is 11.9 Å². The number of unbranched alkanes of at least 4 members (excludes halogenated alkanes) is 4. The molecule has 42 heavy (non-hydrogen) atoms. The van der Waals surface area contributed by atoms with Crippen LogP contribution in [0.1, 0.15) is 133 Å². The Morgan fingerprint density at radius 1 is 0.476 bits per heavy atom. The summed E-state index contributed by atoms with van der Waals surface area (Å²) in [6.07, 6.45) is 13.0. The van der Waals surface area contributed by atoms with Crippen molar-refractivity contribution in [2.75, 3.05) is 0 Å². The second kappa shape index (κ2) is 18.2. The first-order chi connectivity index (χ1) is 20.5. The Labute approximate surface area is 253 Å². The average Bonchev–Trinajstić information content (AvgIpc) is 3.02. The second-order valence-electron chi connectivity index (χ2n) is 11.2. The lowest BCUT2D eigenvalue weighted by Gasteiger charge is -2.16. The molecular formula is C38H50O4. The highest BCUT2D eigenvalue weighted by Gasteiger charge is 2.21. The van der Waals surface area contributed by atoms with Crippen molar-refractivity contribution in [3.63, 3.8) is 0 Å².